The van der Waals surface area contributed by atoms with Crippen LogP contribution in [0.2, 0.25) is 0 Å². The van der Waals surface area contributed by atoms with Gasteiger partial charge in [-0.2, -0.15) is 0 Å². The molecular formula is C30H39NO5S. The van der Waals surface area contributed by atoms with Gasteiger partial charge in [-0.1, -0.05) is 63.6 Å². The fourth-order valence-electron chi connectivity index (χ4n) is 4.52. The monoisotopic (exact) mass is 525 g/mol. The Morgan fingerprint density at radius 1 is 1.19 bits per heavy atom. The first-order valence-corrected chi connectivity index (χ1v) is 13.7. The van der Waals surface area contributed by atoms with Gasteiger partial charge in [0, 0.05) is 18.3 Å². The number of hydrogen-bond acceptors (Lipinski definition) is 7. The zero-order valence-electron chi connectivity index (χ0n) is 22.6. The van der Waals surface area contributed by atoms with Crippen LogP contribution in [-0.4, -0.2) is 45.3 Å². The SMILES string of the molecule is C/C1=C/C[C@@H](/C(C)=C/c2nc3ccccc3s2)OC(=O)C[C@H](O)C(C)(C)C(=O)[C@H](C)[C@@H](O)[C@@H](C)/C=C/C1. The van der Waals surface area contributed by atoms with Crippen LogP contribution >= 0.6 is 11.3 Å². The molecule has 1 aliphatic heterocycles. The van der Waals surface area contributed by atoms with Crippen LogP contribution in [0.5, 0.6) is 0 Å². The number of thiazole rings is 1. The normalized spacial score (nSPS) is 31.0. The van der Waals surface area contributed by atoms with E-state index in [4.69, 9.17) is 4.74 Å². The van der Waals surface area contributed by atoms with Gasteiger partial charge in [0.05, 0.1) is 34.3 Å². The number of Topliss-reactive ketones (excluding diaryl/α,β-unsaturated/α-hetero) is 1. The Kier molecular flexibility index (Phi) is 9.62. The van der Waals surface area contributed by atoms with Gasteiger partial charge in [-0.15, -0.1) is 11.3 Å². The lowest BCUT2D eigenvalue weighted by atomic mass is 9.73. The molecule has 7 heteroatoms. The number of esters is 1. The second kappa shape index (κ2) is 12.3. The molecule has 0 radical (unpaired) electrons. The first-order valence-electron chi connectivity index (χ1n) is 12.9. The van der Waals surface area contributed by atoms with Crippen molar-refractivity contribution < 1.29 is 24.5 Å². The average Bonchev–Trinajstić information content (AvgIpc) is 3.26. The van der Waals surface area contributed by atoms with Crippen LogP contribution in [0.25, 0.3) is 16.3 Å². The lowest BCUT2D eigenvalue weighted by molar-refractivity contribution is -0.154. The van der Waals surface area contributed by atoms with Crippen molar-refractivity contribution in [2.24, 2.45) is 17.3 Å². The third kappa shape index (κ3) is 7.24. The van der Waals surface area contributed by atoms with E-state index in [1.54, 1.807) is 32.1 Å². The standard InChI is InChI=1S/C30H39NO5S/c1-18-10-9-11-19(2)28(34)21(4)29(35)30(5,6)25(32)17-27(33)36-23(15-14-18)20(3)16-26-31-22-12-7-8-13-24(22)37-26/h7-9,11-14,16,19,21,23,25,28,32,34H,10,15,17H2,1-6H3/b11-9+,18-14-,20-16+/t19-,21+,23-,25-,28-/m0/s1. The Hall–Kier alpha value is -2.61. The number of rotatable bonds is 2. The highest BCUT2D eigenvalue weighted by Gasteiger charge is 2.42. The molecule has 1 aliphatic rings. The number of carbonyl (C=O) groups is 2. The summed E-state index contributed by atoms with van der Waals surface area (Å²) in [4.78, 5) is 30.8. The van der Waals surface area contributed by atoms with Crippen LogP contribution in [-0.2, 0) is 14.3 Å². The van der Waals surface area contributed by atoms with Gasteiger partial charge < -0.3 is 14.9 Å². The van der Waals surface area contributed by atoms with E-state index in [9.17, 15) is 19.8 Å². The molecule has 0 aliphatic carbocycles. The number of allylic oxidation sites excluding steroid dienone is 2. The highest BCUT2D eigenvalue weighted by atomic mass is 32.1. The number of hydrogen-bond donors (Lipinski definition) is 2. The Morgan fingerprint density at radius 3 is 2.59 bits per heavy atom. The fourth-order valence-corrected chi connectivity index (χ4v) is 5.50. The molecule has 3 rings (SSSR count). The molecule has 0 bridgehead atoms. The number of aliphatic hydroxyl groups is 2. The van der Waals surface area contributed by atoms with Gasteiger partial charge in [0.25, 0.3) is 0 Å². The van der Waals surface area contributed by atoms with Crippen molar-refractivity contribution in [1.29, 1.82) is 0 Å². The van der Waals surface area contributed by atoms with Gasteiger partial charge in [-0.05, 0) is 44.1 Å². The minimum absolute atomic E-state index is 0.232. The third-order valence-electron chi connectivity index (χ3n) is 7.30. The Labute approximate surface area is 223 Å². The minimum Gasteiger partial charge on any atom is -0.457 e. The predicted molar refractivity (Wildman–Crippen MR) is 149 cm³/mol. The molecule has 0 saturated heterocycles. The van der Waals surface area contributed by atoms with Crippen molar-refractivity contribution in [3.05, 3.63) is 58.6 Å². The molecule has 2 aromatic rings. The maximum atomic E-state index is 13.2. The smallest absolute Gasteiger partial charge is 0.309 e. The molecule has 6 nitrogen and oxygen atoms in total. The summed E-state index contributed by atoms with van der Waals surface area (Å²) < 4.78 is 6.94. The summed E-state index contributed by atoms with van der Waals surface area (Å²) in [5.41, 5.74) is 1.65. The van der Waals surface area contributed by atoms with E-state index < -0.39 is 35.6 Å². The van der Waals surface area contributed by atoms with Gasteiger partial charge >= 0.3 is 5.97 Å². The van der Waals surface area contributed by atoms with E-state index in [2.05, 4.69) is 11.1 Å². The van der Waals surface area contributed by atoms with Crippen LogP contribution in [0, 0.1) is 17.3 Å². The molecule has 2 N–H and O–H groups in total. The molecular weight excluding hydrogens is 486 g/mol. The van der Waals surface area contributed by atoms with E-state index >= 15 is 0 Å². The van der Waals surface area contributed by atoms with Crippen molar-refractivity contribution >= 4 is 39.4 Å². The van der Waals surface area contributed by atoms with Crippen molar-refractivity contribution in [1.82, 2.24) is 4.98 Å². The number of para-hydroxylation sites is 1. The maximum Gasteiger partial charge on any atom is 0.309 e. The van der Waals surface area contributed by atoms with E-state index in [1.165, 1.54) is 0 Å². The number of fused-ring (bicyclic) bond motifs is 1. The molecule has 37 heavy (non-hydrogen) atoms. The summed E-state index contributed by atoms with van der Waals surface area (Å²) in [7, 11) is 0. The van der Waals surface area contributed by atoms with E-state index in [1.807, 2.05) is 63.3 Å². The van der Waals surface area contributed by atoms with Crippen molar-refractivity contribution in [3.8, 4) is 0 Å². The highest BCUT2D eigenvalue weighted by Crippen LogP contribution is 2.32. The predicted octanol–water partition coefficient (Wildman–Crippen LogP) is 5.89. The number of nitrogens with zero attached hydrogens (tertiary/aromatic N) is 1. The second-order valence-corrected chi connectivity index (χ2v) is 11.8. The van der Waals surface area contributed by atoms with E-state index in [-0.39, 0.29) is 18.1 Å². The van der Waals surface area contributed by atoms with Crippen molar-refractivity contribution in [3.63, 3.8) is 0 Å². The number of aromatic nitrogens is 1. The molecule has 2 heterocycles. The zero-order valence-corrected chi connectivity index (χ0v) is 23.4. The molecule has 0 unspecified atom stereocenters. The first kappa shape index (κ1) is 29.0. The summed E-state index contributed by atoms with van der Waals surface area (Å²) in [6.45, 7) is 10.7. The Balaban J connectivity index is 1.91. The minimum atomic E-state index is -1.24. The molecule has 0 spiro atoms. The maximum absolute atomic E-state index is 13.2. The largest absolute Gasteiger partial charge is 0.457 e. The topological polar surface area (TPSA) is 96.7 Å². The average molecular weight is 526 g/mol. The zero-order chi connectivity index (χ0) is 27.3. The summed E-state index contributed by atoms with van der Waals surface area (Å²) >= 11 is 1.57. The Morgan fingerprint density at radius 2 is 1.89 bits per heavy atom. The van der Waals surface area contributed by atoms with Gasteiger partial charge in [-0.3, -0.25) is 9.59 Å². The van der Waals surface area contributed by atoms with E-state index in [0.29, 0.717) is 12.8 Å². The summed E-state index contributed by atoms with van der Waals surface area (Å²) in [6, 6.07) is 7.92. The van der Waals surface area contributed by atoms with Crippen LogP contribution in [0.15, 0.2) is 53.6 Å². The number of carbonyl (C=O) groups excluding carboxylic acids is 2. The lowest BCUT2D eigenvalue weighted by Crippen LogP contribution is -2.45. The van der Waals surface area contributed by atoms with Gasteiger partial charge in [-0.25, -0.2) is 4.98 Å². The highest BCUT2D eigenvalue weighted by molar-refractivity contribution is 7.19. The second-order valence-electron chi connectivity index (χ2n) is 10.7. The van der Waals surface area contributed by atoms with Crippen molar-refractivity contribution in [2.45, 2.75) is 79.1 Å². The summed E-state index contributed by atoms with van der Waals surface area (Å²) in [5, 5.41) is 22.5. The first-order chi connectivity index (χ1) is 17.4. The molecule has 1 aromatic carbocycles. The van der Waals surface area contributed by atoms with Crippen molar-refractivity contribution in [2.75, 3.05) is 0 Å². The lowest BCUT2D eigenvalue weighted by Gasteiger charge is -2.34. The summed E-state index contributed by atoms with van der Waals surface area (Å²) in [5.74, 6) is -1.79. The number of benzene rings is 1. The van der Waals surface area contributed by atoms with Crippen LogP contribution in [0.4, 0.5) is 0 Å². The van der Waals surface area contributed by atoms with Gasteiger partial charge in [0.2, 0.25) is 0 Å². The summed E-state index contributed by atoms with van der Waals surface area (Å²) in [6.07, 6.45) is 6.10. The van der Waals surface area contributed by atoms with Crippen LogP contribution in [0.3, 0.4) is 0 Å². The quantitative estimate of drug-likeness (QED) is 0.375. The number of aliphatic hydroxyl groups excluding tert-OH is 2. The van der Waals surface area contributed by atoms with E-state index in [0.717, 1.165) is 26.4 Å². The molecule has 1 aromatic heterocycles. The Bertz CT molecular complexity index is 1170. The van der Waals surface area contributed by atoms with Crippen LogP contribution < -0.4 is 0 Å². The number of ketones is 1. The molecule has 0 amide bonds. The molecule has 5 atom stereocenters. The van der Waals surface area contributed by atoms with Gasteiger partial charge in [0.1, 0.15) is 16.9 Å². The molecule has 0 fully saturated rings. The molecule has 0 saturated carbocycles. The number of cyclic esters (lactones) is 1. The fraction of sp³-hybridized carbons (Fsp3) is 0.500. The van der Waals surface area contributed by atoms with Crippen LogP contribution in [0.1, 0.15) is 65.8 Å². The van der Waals surface area contributed by atoms with Gasteiger partial charge in [0.15, 0.2) is 0 Å². The third-order valence-corrected chi connectivity index (χ3v) is 8.28. The molecule has 200 valence electrons. The number of ether oxygens (including phenoxy) is 1.